The molecule has 0 bridgehead atoms. The summed E-state index contributed by atoms with van der Waals surface area (Å²) in [4.78, 5) is 0. The van der Waals surface area contributed by atoms with E-state index in [2.05, 4.69) is 20.8 Å². The van der Waals surface area contributed by atoms with E-state index < -0.39 is 0 Å². The van der Waals surface area contributed by atoms with E-state index in [-0.39, 0.29) is 0 Å². The molecule has 2 fully saturated rings. The van der Waals surface area contributed by atoms with Gasteiger partial charge >= 0.3 is 0 Å². The van der Waals surface area contributed by atoms with E-state index in [1.54, 1.807) is 38.5 Å². The van der Waals surface area contributed by atoms with Crippen molar-refractivity contribution in [3.8, 4) is 0 Å². The van der Waals surface area contributed by atoms with Crippen LogP contribution < -0.4 is 0 Å². The maximum atomic E-state index is 2.45. The van der Waals surface area contributed by atoms with E-state index in [1.165, 1.54) is 38.5 Å². The molecule has 118 valence electrons. The standard InChI is InChI=1S/C20H38/c1-4-6-7-17(5-2)18-12-14-20(15-13-18)19-10-8-16(3)9-11-19/h16-20H,4-15H2,1-3H3. The zero-order valence-corrected chi connectivity index (χ0v) is 14.4. The van der Waals surface area contributed by atoms with Crippen molar-refractivity contribution in [3.63, 3.8) is 0 Å². The Bertz CT molecular complexity index is 228. The highest BCUT2D eigenvalue weighted by Gasteiger charge is 2.31. The van der Waals surface area contributed by atoms with Gasteiger partial charge in [0.05, 0.1) is 0 Å². The molecule has 0 spiro atoms. The second-order valence-corrected chi connectivity index (χ2v) is 8.01. The van der Waals surface area contributed by atoms with Crippen LogP contribution in [0.15, 0.2) is 0 Å². The van der Waals surface area contributed by atoms with Crippen molar-refractivity contribution < 1.29 is 0 Å². The van der Waals surface area contributed by atoms with Gasteiger partial charge in [0.1, 0.15) is 0 Å². The molecule has 2 aliphatic carbocycles. The van der Waals surface area contributed by atoms with E-state index in [9.17, 15) is 0 Å². The molecule has 0 nitrogen and oxygen atoms in total. The lowest BCUT2D eigenvalue weighted by Crippen LogP contribution is -2.27. The first-order chi connectivity index (χ1) is 9.74. The van der Waals surface area contributed by atoms with E-state index in [4.69, 9.17) is 0 Å². The Hall–Kier alpha value is 0. The minimum absolute atomic E-state index is 1.01. The SMILES string of the molecule is CCCCC(CC)C1CCC(C2CCC(C)CC2)CC1. The maximum absolute atomic E-state index is 2.45. The highest BCUT2D eigenvalue weighted by molar-refractivity contribution is 4.83. The van der Waals surface area contributed by atoms with Crippen LogP contribution in [0.3, 0.4) is 0 Å². The fourth-order valence-corrected chi connectivity index (χ4v) is 5.08. The first-order valence-corrected chi connectivity index (χ1v) is 9.74. The summed E-state index contributed by atoms with van der Waals surface area (Å²) in [5, 5.41) is 0. The lowest BCUT2D eigenvalue weighted by atomic mass is 9.67. The van der Waals surface area contributed by atoms with Crippen molar-refractivity contribution >= 4 is 0 Å². The van der Waals surface area contributed by atoms with Gasteiger partial charge in [0.25, 0.3) is 0 Å². The molecule has 0 radical (unpaired) electrons. The molecule has 0 aliphatic heterocycles. The topological polar surface area (TPSA) is 0 Å². The molecule has 0 aromatic rings. The van der Waals surface area contributed by atoms with Gasteiger partial charge in [0.2, 0.25) is 0 Å². The van der Waals surface area contributed by atoms with Gasteiger partial charge in [-0.05, 0) is 68.1 Å². The predicted molar refractivity (Wildman–Crippen MR) is 89.9 cm³/mol. The van der Waals surface area contributed by atoms with Gasteiger partial charge in [-0.1, -0.05) is 59.3 Å². The third-order valence-electron chi connectivity index (χ3n) is 6.66. The summed E-state index contributed by atoms with van der Waals surface area (Å²) in [6, 6.07) is 0. The van der Waals surface area contributed by atoms with Crippen molar-refractivity contribution in [3.05, 3.63) is 0 Å². The van der Waals surface area contributed by atoms with E-state index in [0.717, 1.165) is 29.6 Å². The molecule has 0 amide bonds. The molecule has 0 aromatic heterocycles. The predicted octanol–water partition coefficient (Wildman–Crippen LogP) is 6.84. The molecule has 1 atom stereocenters. The number of unbranched alkanes of at least 4 members (excludes halogenated alkanes) is 1. The fourth-order valence-electron chi connectivity index (χ4n) is 5.08. The third-order valence-corrected chi connectivity index (χ3v) is 6.66. The number of hydrogen-bond acceptors (Lipinski definition) is 0. The summed E-state index contributed by atoms with van der Waals surface area (Å²) < 4.78 is 0. The van der Waals surface area contributed by atoms with Gasteiger partial charge in [-0.15, -0.1) is 0 Å². The Balaban J connectivity index is 1.73. The van der Waals surface area contributed by atoms with Gasteiger partial charge in [0.15, 0.2) is 0 Å². The average molecular weight is 279 g/mol. The van der Waals surface area contributed by atoms with E-state index >= 15 is 0 Å². The second-order valence-electron chi connectivity index (χ2n) is 8.01. The van der Waals surface area contributed by atoms with Crippen LogP contribution in [0.5, 0.6) is 0 Å². The zero-order chi connectivity index (χ0) is 14.4. The molecule has 0 N–H and O–H groups in total. The monoisotopic (exact) mass is 278 g/mol. The van der Waals surface area contributed by atoms with Crippen LogP contribution in [0.2, 0.25) is 0 Å². The van der Waals surface area contributed by atoms with Crippen molar-refractivity contribution in [2.45, 2.75) is 97.8 Å². The van der Waals surface area contributed by atoms with Crippen LogP contribution in [0.4, 0.5) is 0 Å². The smallest absolute Gasteiger partial charge is 0.0386 e. The molecule has 2 rings (SSSR count). The first kappa shape index (κ1) is 16.4. The zero-order valence-electron chi connectivity index (χ0n) is 14.4. The molecule has 0 saturated heterocycles. The summed E-state index contributed by atoms with van der Waals surface area (Å²) in [6.07, 6.45) is 18.1. The summed E-state index contributed by atoms with van der Waals surface area (Å²) in [5.74, 6) is 5.33. The minimum Gasteiger partial charge on any atom is -0.0654 e. The van der Waals surface area contributed by atoms with Crippen LogP contribution in [-0.2, 0) is 0 Å². The average Bonchev–Trinajstić information content (AvgIpc) is 2.49. The Morgan fingerprint density at radius 2 is 1.35 bits per heavy atom. The van der Waals surface area contributed by atoms with Gasteiger partial charge in [-0.2, -0.15) is 0 Å². The van der Waals surface area contributed by atoms with Gasteiger partial charge in [0, 0.05) is 0 Å². The van der Waals surface area contributed by atoms with Crippen molar-refractivity contribution in [1.29, 1.82) is 0 Å². The number of rotatable bonds is 6. The van der Waals surface area contributed by atoms with Gasteiger partial charge in [-0.25, -0.2) is 0 Å². The molecule has 2 saturated carbocycles. The summed E-state index contributed by atoms with van der Waals surface area (Å²) in [5.41, 5.74) is 0. The minimum atomic E-state index is 1.01. The molecule has 0 heteroatoms. The highest BCUT2D eigenvalue weighted by Crippen LogP contribution is 2.43. The van der Waals surface area contributed by atoms with Crippen molar-refractivity contribution in [2.75, 3.05) is 0 Å². The first-order valence-electron chi connectivity index (χ1n) is 9.74. The van der Waals surface area contributed by atoms with Crippen LogP contribution in [0.1, 0.15) is 97.8 Å². The van der Waals surface area contributed by atoms with Gasteiger partial charge in [-0.3, -0.25) is 0 Å². The maximum Gasteiger partial charge on any atom is -0.0386 e. The Labute approximate surface area is 128 Å². The highest BCUT2D eigenvalue weighted by atomic mass is 14.4. The van der Waals surface area contributed by atoms with Gasteiger partial charge < -0.3 is 0 Å². The molecule has 20 heavy (non-hydrogen) atoms. The summed E-state index contributed by atoms with van der Waals surface area (Å²) in [6.45, 7) is 7.22. The molecular formula is C20H38. The molecular weight excluding hydrogens is 240 g/mol. The summed E-state index contributed by atoms with van der Waals surface area (Å²) in [7, 11) is 0. The largest absolute Gasteiger partial charge is 0.0654 e. The fraction of sp³-hybridized carbons (Fsp3) is 1.00. The van der Waals surface area contributed by atoms with Crippen molar-refractivity contribution in [2.24, 2.45) is 29.6 Å². The molecule has 2 aliphatic rings. The third kappa shape index (κ3) is 4.50. The molecule has 0 aromatic carbocycles. The number of hydrogen-bond donors (Lipinski definition) is 0. The lowest BCUT2D eigenvalue weighted by Gasteiger charge is -2.39. The lowest BCUT2D eigenvalue weighted by molar-refractivity contribution is 0.123. The van der Waals surface area contributed by atoms with E-state index in [0.29, 0.717) is 0 Å². The Morgan fingerprint density at radius 1 is 0.800 bits per heavy atom. The normalized spacial score (nSPS) is 36.8. The quantitative estimate of drug-likeness (QED) is 0.499. The second kappa shape index (κ2) is 8.44. The molecule has 0 heterocycles. The van der Waals surface area contributed by atoms with Crippen LogP contribution >= 0.6 is 0 Å². The summed E-state index contributed by atoms with van der Waals surface area (Å²) >= 11 is 0. The molecule has 1 unspecified atom stereocenters. The van der Waals surface area contributed by atoms with Crippen LogP contribution in [-0.4, -0.2) is 0 Å². The Morgan fingerprint density at radius 3 is 1.85 bits per heavy atom. The van der Waals surface area contributed by atoms with Crippen molar-refractivity contribution in [1.82, 2.24) is 0 Å². The van der Waals surface area contributed by atoms with Crippen LogP contribution in [0.25, 0.3) is 0 Å². The van der Waals surface area contributed by atoms with E-state index in [1.807, 2.05) is 0 Å². The van der Waals surface area contributed by atoms with Crippen LogP contribution in [0, 0.1) is 29.6 Å². The Kier molecular flexibility index (Phi) is 6.91.